The van der Waals surface area contributed by atoms with E-state index in [0.29, 0.717) is 18.7 Å². The maximum Gasteiger partial charge on any atom is 0.325 e. The number of piperazine rings is 1. The number of amides is 1. The highest BCUT2D eigenvalue weighted by Crippen LogP contribution is 2.13. The summed E-state index contributed by atoms with van der Waals surface area (Å²) in [7, 11) is 0. The topological polar surface area (TPSA) is 96.5 Å². The Morgan fingerprint density at radius 2 is 1.88 bits per heavy atom. The van der Waals surface area contributed by atoms with E-state index in [4.69, 9.17) is 5.11 Å². The van der Waals surface area contributed by atoms with Crippen LogP contribution in [0.2, 0.25) is 0 Å². The van der Waals surface area contributed by atoms with E-state index in [9.17, 15) is 9.59 Å². The summed E-state index contributed by atoms with van der Waals surface area (Å²) in [4.78, 5) is 27.4. The molecule has 0 bridgehead atoms. The van der Waals surface area contributed by atoms with Gasteiger partial charge in [0.15, 0.2) is 0 Å². The Balaban J connectivity index is 1.54. The molecule has 3 rings (SSSR count). The van der Waals surface area contributed by atoms with E-state index < -0.39 is 5.97 Å². The Hall–Kier alpha value is -2.68. The summed E-state index contributed by atoms with van der Waals surface area (Å²) in [5, 5.41) is 17.2. The largest absolute Gasteiger partial charge is 0.480 e. The zero-order valence-corrected chi connectivity index (χ0v) is 15.1. The molecular weight excluding hydrogens is 336 g/mol. The van der Waals surface area contributed by atoms with Gasteiger partial charge in [0.2, 0.25) is 0 Å². The van der Waals surface area contributed by atoms with Crippen LogP contribution in [0, 0.1) is 6.92 Å². The molecule has 1 amide bonds. The second-order valence-corrected chi connectivity index (χ2v) is 6.48. The summed E-state index contributed by atoms with van der Waals surface area (Å²) >= 11 is 0. The molecule has 1 fully saturated rings. The summed E-state index contributed by atoms with van der Waals surface area (Å²) in [5.74, 6) is -1.08. The van der Waals surface area contributed by atoms with Crippen LogP contribution >= 0.6 is 0 Å². The second kappa shape index (κ2) is 7.69. The molecule has 0 unspecified atom stereocenters. The molecule has 0 spiro atoms. The Morgan fingerprint density at radius 1 is 1.15 bits per heavy atom. The van der Waals surface area contributed by atoms with Gasteiger partial charge in [-0.2, -0.15) is 10.2 Å². The highest BCUT2D eigenvalue weighted by atomic mass is 16.4. The molecule has 1 aliphatic heterocycles. The van der Waals surface area contributed by atoms with Crippen molar-refractivity contribution >= 4 is 11.9 Å². The Morgan fingerprint density at radius 3 is 2.50 bits per heavy atom. The van der Waals surface area contributed by atoms with Crippen molar-refractivity contribution < 1.29 is 14.7 Å². The number of aryl methyl sites for hydroxylation is 2. The Bertz CT molecular complexity index is 788. The van der Waals surface area contributed by atoms with Crippen molar-refractivity contribution in [3.63, 3.8) is 0 Å². The number of carboxylic acids is 1. The predicted octanol–water partition coefficient (Wildman–Crippen LogP) is 0.451. The third-order valence-corrected chi connectivity index (χ3v) is 4.60. The molecule has 140 valence electrons. The van der Waals surface area contributed by atoms with Crippen LogP contribution < -0.4 is 0 Å². The highest BCUT2D eigenvalue weighted by molar-refractivity contribution is 5.93. The lowest BCUT2D eigenvalue weighted by Gasteiger charge is -2.34. The molecule has 1 saturated heterocycles. The van der Waals surface area contributed by atoms with Gasteiger partial charge >= 0.3 is 5.97 Å². The summed E-state index contributed by atoms with van der Waals surface area (Å²) in [6.07, 6.45) is 5.01. The SMILES string of the molecule is CCn1cc(CN2CCN(C(=O)c3cnn(CC(=O)O)c3)CC2)c(C)n1. The van der Waals surface area contributed by atoms with Crippen LogP contribution in [0.1, 0.15) is 28.5 Å². The third-order valence-electron chi connectivity index (χ3n) is 4.60. The van der Waals surface area contributed by atoms with Gasteiger partial charge in [-0.3, -0.25) is 23.9 Å². The minimum Gasteiger partial charge on any atom is -0.480 e. The van der Waals surface area contributed by atoms with E-state index in [1.54, 1.807) is 4.90 Å². The van der Waals surface area contributed by atoms with E-state index in [2.05, 4.69) is 28.2 Å². The standard InChI is InChI=1S/C17H24N6O3/c1-3-22-11-15(13(2)19-22)9-20-4-6-21(7-5-20)17(26)14-8-18-23(10-14)12-16(24)25/h8,10-11H,3-7,9,12H2,1-2H3,(H,24,25). The van der Waals surface area contributed by atoms with Crippen LogP contribution in [0.25, 0.3) is 0 Å². The number of rotatable bonds is 6. The van der Waals surface area contributed by atoms with Gasteiger partial charge in [-0.25, -0.2) is 0 Å². The second-order valence-electron chi connectivity index (χ2n) is 6.48. The van der Waals surface area contributed by atoms with Crippen molar-refractivity contribution in [2.75, 3.05) is 26.2 Å². The van der Waals surface area contributed by atoms with Crippen LogP contribution in [0.3, 0.4) is 0 Å². The van der Waals surface area contributed by atoms with E-state index in [1.165, 1.54) is 22.6 Å². The molecule has 0 atom stereocenters. The lowest BCUT2D eigenvalue weighted by molar-refractivity contribution is -0.137. The minimum atomic E-state index is -0.984. The minimum absolute atomic E-state index is 0.101. The summed E-state index contributed by atoms with van der Waals surface area (Å²) in [5.41, 5.74) is 2.71. The van der Waals surface area contributed by atoms with Gasteiger partial charge < -0.3 is 10.0 Å². The molecule has 26 heavy (non-hydrogen) atoms. The fraction of sp³-hybridized carbons (Fsp3) is 0.529. The molecular formula is C17H24N6O3. The van der Waals surface area contributed by atoms with Gasteiger partial charge in [0, 0.05) is 57.2 Å². The maximum absolute atomic E-state index is 12.6. The fourth-order valence-electron chi connectivity index (χ4n) is 3.11. The van der Waals surface area contributed by atoms with Crippen molar-refractivity contribution in [3.8, 4) is 0 Å². The van der Waals surface area contributed by atoms with Crippen LogP contribution in [-0.2, 0) is 24.4 Å². The molecule has 0 aromatic carbocycles. The lowest BCUT2D eigenvalue weighted by Crippen LogP contribution is -2.48. The quantitative estimate of drug-likeness (QED) is 0.803. The first kappa shape index (κ1) is 18.1. The molecule has 1 aliphatic rings. The Labute approximate surface area is 151 Å². The molecule has 9 heteroatoms. The number of hydrogen-bond acceptors (Lipinski definition) is 5. The number of aromatic nitrogens is 4. The first-order valence-corrected chi connectivity index (χ1v) is 8.75. The van der Waals surface area contributed by atoms with Gasteiger partial charge in [-0.05, 0) is 13.8 Å². The van der Waals surface area contributed by atoms with E-state index in [1.807, 2.05) is 11.6 Å². The normalized spacial score (nSPS) is 15.4. The fourth-order valence-corrected chi connectivity index (χ4v) is 3.11. The number of carbonyl (C=O) groups excluding carboxylic acids is 1. The average Bonchev–Trinajstić information content (AvgIpc) is 3.21. The molecule has 3 heterocycles. The van der Waals surface area contributed by atoms with Crippen LogP contribution in [0.4, 0.5) is 0 Å². The molecule has 0 radical (unpaired) electrons. The summed E-state index contributed by atoms with van der Waals surface area (Å²) < 4.78 is 3.21. The van der Waals surface area contributed by atoms with Crippen LogP contribution in [-0.4, -0.2) is 72.5 Å². The molecule has 1 N–H and O–H groups in total. The zero-order chi connectivity index (χ0) is 18.7. The molecule has 2 aromatic rings. The average molecular weight is 360 g/mol. The van der Waals surface area contributed by atoms with Crippen LogP contribution in [0.5, 0.6) is 0 Å². The molecule has 0 aliphatic carbocycles. The van der Waals surface area contributed by atoms with E-state index >= 15 is 0 Å². The number of hydrogen-bond donors (Lipinski definition) is 1. The third kappa shape index (κ3) is 4.10. The monoisotopic (exact) mass is 360 g/mol. The molecule has 9 nitrogen and oxygen atoms in total. The number of carboxylic acid groups (broad SMARTS) is 1. The van der Waals surface area contributed by atoms with Crippen molar-refractivity contribution in [2.45, 2.75) is 33.5 Å². The van der Waals surface area contributed by atoms with Crippen molar-refractivity contribution in [2.24, 2.45) is 0 Å². The van der Waals surface area contributed by atoms with Gasteiger partial charge in [0.05, 0.1) is 17.5 Å². The van der Waals surface area contributed by atoms with Crippen molar-refractivity contribution in [1.29, 1.82) is 0 Å². The van der Waals surface area contributed by atoms with Crippen molar-refractivity contribution in [3.05, 3.63) is 35.4 Å². The first-order valence-electron chi connectivity index (χ1n) is 8.75. The van der Waals surface area contributed by atoms with Gasteiger partial charge in [-0.15, -0.1) is 0 Å². The first-order chi connectivity index (χ1) is 12.5. The number of aliphatic carboxylic acids is 1. The van der Waals surface area contributed by atoms with E-state index in [-0.39, 0.29) is 12.5 Å². The van der Waals surface area contributed by atoms with Crippen molar-refractivity contribution in [1.82, 2.24) is 29.4 Å². The van der Waals surface area contributed by atoms with E-state index in [0.717, 1.165) is 31.9 Å². The number of nitrogens with zero attached hydrogens (tertiary/aromatic N) is 6. The molecule has 2 aromatic heterocycles. The number of carbonyl (C=O) groups is 2. The highest BCUT2D eigenvalue weighted by Gasteiger charge is 2.24. The lowest BCUT2D eigenvalue weighted by atomic mass is 10.2. The van der Waals surface area contributed by atoms with Gasteiger partial charge in [0.25, 0.3) is 5.91 Å². The summed E-state index contributed by atoms with van der Waals surface area (Å²) in [6.45, 7) is 8.43. The smallest absolute Gasteiger partial charge is 0.325 e. The van der Waals surface area contributed by atoms with Gasteiger partial charge in [-0.1, -0.05) is 0 Å². The Kier molecular flexibility index (Phi) is 5.36. The van der Waals surface area contributed by atoms with Crippen LogP contribution in [0.15, 0.2) is 18.6 Å². The predicted molar refractivity (Wildman–Crippen MR) is 93.7 cm³/mol. The molecule has 0 saturated carbocycles. The van der Waals surface area contributed by atoms with Gasteiger partial charge in [0.1, 0.15) is 6.54 Å². The zero-order valence-electron chi connectivity index (χ0n) is 15.1. The maximum atomic E-state index is 12.6. The summed E-state index contributed by atoms with van der Waals surface area (Å²) in [6, 6.07) is 0.